The number of amides is 1. The molecule has 0 spiro atoms. The first-order valence-corrected chi connectivity index (χ1v) is 7.87. The highest BCUT2D eigenvalue weighted by molar-refractivity contribution is 5.81. The summed E-state index contributed by atoms with van der Waals surface area (Å²) in [7, 11) is 0. The summed E-state index contributed by atoms with van der Waals surface area (Å²) >= 11 is 0. The van der Waals surface area contributed by atoms with Crippen molar-refractivity contribution in [2.45, 2.75) is 46.1 Å². The second-order valence-electron chi connectivity index (χ2n) is 5.66. The minimum Gasteiger partial charge on any atom is -0.362 e. The Kier molecular flexibility index (Phi) is 7.83. The molecule has 1 aromatic rings. The van der Waals surface area contributed by atoms with Crippen LogP contribution in [0.15, 0.2) is 24.3 Å². The zero-order valence-electron chi connectivity index (χ0n) is 13.6. The Balaban J connectivity index is 2.67. The number of hydrogen-bond donors (Lipinski definition) is 2. The summed E-state index contributed by atoms with van der Waals surface area (Å²) in [5, 5.41) is 3.06. The van der Waals surface area contributed by atoms with E-state index < -0.39 is 0 Å². The fourth-order valence-corrected chi connectivity index (χ4v) is 2.41. The van der Waals surface area contributed by atoms with Crippen molar-refractivity contribution in [2.24, 2.45) is 5.73 Å². The van der Waals surface area contributed by atoms with Crippen LogP contribution in [0.3, 0.4) is 0 Å². The van der Waals surface area contributed by atoms with Crippen molar-refractivity contribution >= 4 is 11.6 Å². The molecule has 118 valence electrons. The molecule has 1 rings (SSSR count). The van der Waals surface area contributed by atoms with Crippen LogP contribution in [-0.2, 0) is 4.79 Å². The van der Waals surface area contributed by atoms with Crippen LogP contribution in [-0.4, -0.2) is 31.6 Å². The highest BCUT2D eigenvalue weighted by Crippen LogP contribution is 2.16. The van der Waals surface area contributed by atoms with Gasteiger partial charge in [-0.2, -0.15) is 0 Å². The van der Waals surface area contributed by atoms with E-state index in [1.165, 1.54) is 5.56 Å². The van der Waals surface area contributed by atoms with Crippen molar-refractivity contribution in [1.29, 1.82) is 0 Å². The third-order valence-corrected chi connectivity index (χ3v) is 3.46. The van der Waals surface area contributed by atoms with Gasteiger partial charge in [-0.25, -0.2) is 0 Å². The molecule has 1 aromatic carbocycles. The molecule has 0 aromatic heterocycles. The van der Waals surface area contributed by atoms with Gasteiger partial charge in [0, 0.05) is 18.3 Å². The minimum absolute atomic E-state index is 0.0782. The van der Waals surface area contributed by atoms with E-state index in [2.05, 4.69) is 43.1 Å². The van der Waals surface area contributed by atoms with Crippen LogP contribution >= 0.6 is 0 Å². The van der Waals surface area contributed by atoms with Gasteiger partial charge in [-0.3, -0.25) is 4.79 Å². The van der Waals surface area contributed by atoms with Crippen molar-refractivity contribution in [3.8, 4) is 0 Å². The fraction of sp³-hybridized carbons (Fsp3) is 0.588. The third kappa shape index (κ3) is 6.63. The summed E-state index contributed by atoms with van der Waals surface area (Å²) in [5.41, 5.74) is 7.89. The number of nitrogens with one attached hydrogen (secondary N) is 1. The molecule has 3 N–H and O–H groups in total. The maximum atomic E-state index is 12.2. The van der Waals surface area contributed by atoms with Gasteiger partial charge >= 0.3 is 0 Å². The first-order valence-electron chi connectivity index (χ1n) is 7.87. The molecule has 1 atom stereocenters. The van der Waals surface area contributed by atoms with Gasteiger partial charge in [0.05, 0.1) is 6.54 Å². The molecule has 1 amide bonds. The lowest BCUT2D eigenvalue weighted by Crippen LogP contribution is -2.41. The van der Waals surface area contributed by atoms with Crippen LogP contribution in [0.4, 0.5) is 5.69 Å². The quantitative estimate of drug-likeness (QED) is 0.735. The molecule has 0 saturated heterocycles. The van der Waals surface area contributed by atoms with E-state index in [0.29, 0.717) is 13.1 Å². The SMILES string of the molecule is CCCC(C)NC(=O)CN(CCCN)c1cccc(C)c1. The van der Waals surface area contributed by atoms with Crippen LogP contribution in [0.25, 0.3) is 0 Å². The van der Waals surface area contributed by atoms with Crippen molar-refractivity contribution in [2.75, 3.05) is 24.5 Å². The van der Waals surface area contributed by atoms with Crippen molar-refractivity contribution < 1.29 is 4.79 Å². The molecule has 0 radical (unpaired) electrons. The second kappa shape index (κ2) is 9.40. The lowest BCUT2D eigenvalue weighted by molar-refractivity contribution is -0.120. The molecular weight excluding hydrogens is 262 g/mol. The van der Waals surface area contributed by atoms with E-state index in [9.17, 15) is 4.79 Å². The molecule has 0 aliphatic heterocycles. The molecule has 4 nitrogen and oxygen atoms in total. The first kappa shape index (κ1) is 17.5. The Hall–Kier alpha value is -1.55. The molecule has 0 aliphatic rings. The summed E-state index contributed by atoms with van der Waals surface area (Å²) in [5.74, 6) is 0.0782. The third-order valence-electron chi connectivity index (χ3n) is 3.46. The van der Waals surface area contributed by atoms with Crippen LogP contribution in [0.2, 0.25) is 0 Å². The zero-order valence-corrected chi connectivity index (χ0v) is 13.6. The number of nitrogens with zero attached hydrogens (tertiary/aromatic N) is 1. The molecule has 0 saturated carbocycles. The topological polar surface area (TPSA) is 58.4 Å². The fourth-order valence-electron chi connectivity index (χ4n) is 2.41. The number of nitrogens with two attached hydrogens (primary N) is 1. The second-order valence-corrected chi connectivity index (χ2v) is 5.66. The lowest BCUT2D eigenvalue weighted by Gasteiger charge is -2.25. The molecule has 1 unspecified atom stereocenters. The lowest BCUT2D eigenvalue weighted by atomic mass is 10.2. The average Bonchev–Trinajstić information content (AvgIpc) is 2.43. The van der Waals surface area contributed by atoms with E-state index in [1.54, 1.807) is 0 Å². The van der Waals surface area contributed by atoms with Crippen LogP contribution in [0.1, 0.15) is 38.7 Å². The minimum atomic E-state index is 0.0782. The van der Waals surface area contributed by atoms with Crippen molar-refractivity contribution in [3.05, 3.63) is 29.8 Å². The molecule has 0 heterocycles. The maximum Gasteiger partial charge on any atom is 0.239 e. The number of carbonyl (C=O) groups is 1. The Morgan fingerprint density at radius 3 is 2.81 bits per heavy atom. The molecule has 0 fully saturated rings. The summed E-state index contributed by atoms with van der Waals surface area (Å²) in [6, 6.07) is 8.48. The summed E-state index contributed by atoms with van der Waals surface area (Å²) < 4.78 is 0. The zero-order chi connectivity index (χ0) is 15.7. The van der Waals surface area contributed by atoms with Gasteiger partial charge in [-0.05, 0) is 50.9 Å². The predicted molar refractivity (Wildman–Crippen MR) is 89.6 cm³/mol. The Morgan fingerprint density at radius 2 is 2.19 bits per heavy atom. The number of anilines is 1. The van der Waals surface area contributed by atoms with Crippen molar-refractivity contribution in [3.63, 3.8) is 0 Å². The number of benzene rings is 1. The van der Waals surface area contributed by atoms with Crippen molar-refractivity contribution in [1.82, 2.24) is 5.32 Å². The highest BCUT2D eigenvalue weighted by atomic mass is 16.2. The summed E-state index contributed by atoms with van der Waals surface area (Å²) in [6.07, 6.45) is 2.97. The highest BCUT2D eigenvalue weighted by Gasteiger charge is 2.13. The number of rotatable bonds is 9. The average molecular weight is 291 g/mol. The van der Waals surface area contributed by atoms with E-state index >= 15 is 0 Å². The van der Waals surface area contributed by atoms with E-state index in [-0.39, 0.29) is 11.9 Å². The molecule has 0 aliphatic carbocycles. The molecular formula is C17H29N3O. The smallest absolute Gasteiger partial charge is 0.239 e. The van der Waals surface area contributed by atoms with Gasteiger partial charge in [0.2, 0.25) is 5.91 Å². The summed E-state index contributed by atoms with van der Waals surface area (Å²) in [6.45, 7) is 8.07. The first-order chi connectivity index (χ1) is 10.1. The van der Waals surface area contributed by atoms with E-state index in [1.807, 2.05) is 12.1 Å². The van der Waals surface area contributed by atoms with Gasteiger partial charge in [0.15, 0.2) is 0 Å². The largest absolute Gasteiger partial charge is 0.362 e. The Morgan fingerprint density at radius 1 is 1.43 bits per heavy atom. The predicted octanol–water partition coefficient (Wildman–Crippen LogP) is 2.46. The normalized spacial score (nSPS) is 12.0. The number of aryl methyl sites for hydroxylation is 1. The number of carbonyl (C=O) groups excluding carboxylic acids is 1. The Bertz CT molecular complexity index is 434. The summed E-state index contributed by atoms with van der Waals surface area (Å²) in [4.78, 5) is 14.3. The molecule has 0 bridgehead atoms. The monoisotopic (exact) mass is 291 g/mol. The van der Waals surface area contributed by atoms with Crippen LogP contribution in [0, 0.1) is 6.92 Å². The maximum absolute atomic E-state index is 12.2. The standard InChI is InChI=1S/C17H29N3O/c1-4-7-15(3)19-17(21)13-20(11-6-10-18)16-9-5-8-14(2)12-16/h5,8-9,12,15H,4,6-7,10-11,13,18H2,1-3H3,(H,19,21). The van der Waals surface area contributed by atoms with Gasteiger partial charge in [-0.1, -0.05) is 25.5 Å². The van der Waals surface area contributed by atoms with Crippen LogP contribution in [0.5, 0.6) is 0 Å². The van der Waals surface area contributed by atoms with E-state index in [4.69, 9.17) is 5.73 Å². The molecule has 21 heavy (non-hydrogen) atoms. The molecule has 4 heteroatoms. The van der Waals surface area contributed by atoms with E-state index in [0.717, 1.165) is 31.5 Å². The van der Waals surface area contributed by atoms with Gasteiger partial charge in [-0.15, -0.1) is 0 Å². The van der Waals surface area contributed by atoms with Crippen LogP contribution < -0.4 is 16.0 Å². The number of hydrogen-bond acceptors (Lipinski definition) is 3. The Labute approximate surface area is 128 Å². The van der Waals surface area contributed by atoms with Gasteiger partial charge in [0.1, 0.15) is 0 Å². The van der Waals surface area contributed by atoms with Gasteiger partial charge in [0.25, 0.3) is 0 Å². The van der Waals surface area contributed by atoms with Gasteiger partial charge < -0.3 is 16.0 Å².